The number of nitrogens with zero attached hydrogens (tertiary/aromatic N) is 3. The van der Waals surface area contributed by atoms with E-state index in [2.05, 4.69) is 10.3 Å². The Balaban J connectivity index is 0.00000182. The Hall–Kier alpha value is -2.38. The molecule has 25 heavy (non-hydrogen) atoms. The zero-order chi connectivity index (χ0) is 16.8. The lowest BCUT2D eigenvalue weighted by molar-refractivity contribution is 0.608. The van der Waals surface area contributed by atoms with Crippen LogP contribution in [0.2, 0.25) is 0 Å². The van der Waals surface area contributed by atoms with E-state index in [1.54, 1.807) is 47.6 Å². The SMILES string of the molecule is Cc1cc(-n2nc3c(c2-n2cc[nH]c2=O)CNCC3)cc(C)c1F.Cl. The molecule has 1 aromatic carbocycles. The van der Waals surface area contributed by atoms with E-state index in [-0.39, 0.29) is 23.9 Å². The van der Waals surface area contributed by atoms with Crippen molar-refractivity contribution < 1.29 is 4.39 Å². The van der Waals surface area contributed by atoms with Gasteiger partial charge < -0.3 is 10.3 Å². The monoisotopic (exact) mass is 363 g/mol. The molecule has 132 valence electrons. The van der Waals surface area contributed by atoms with Gasteiger partial charge in [0, 0.05) is 37.5 Å². The van der Waals surface area contributed by atoms with Crippen molar-refractivity contribution in [2.45, 2.75) is 26.8 Å². The van der Waals surface area contributed by atoms with Crippen LogP contribution in [0.15, 0.2) is 29.3 Å². The number of aryl methyl sites for hydroxylation is 2. The third-order valence-corrected chi connectivity index (χ3v) is 4.42. The van der Waals surface area contributed by atoms with Crippen LogP contribution >= 0.6 is 12.4 Å². The van der Waals surface area contributed by atoms with Gasteiger partial charge in [-0.2, -0.15) is 5.10 Å². The highest BCUT2D eigenvalue weighted by Gasteiger charge is 2.24. The predicted molar refractivity (Wildman–Crippen MR) is 95.6 cm³/mol. The van der Waals surface area contributed by atoms with E-state index in [9.17, 15) is 9.18 Å². The molecule has 4 rings (SSSR count). The molecule has 3 heterocycles. The minimum atomic E-state index is -0.222. The van der Waals surface area contributed by atoms with E-state index in [1.165, 1.54) is 0 Å². The molecule has 0 atom stereocenters. The summed E-state index contributed by atoms with van der Waals surface area (Å²) in [4.78, 5) is 14.8. The summed E-state index contributed by atoms with van der Waals surface area (Å²) in [7, 11) is 0. The fraction of sp³-hybridized carbons (Fsp3) is 0.294. The predicted octanol–water partition coefficient (Wildman–Crippen LogP) is 2.17. The number of aromatic nitrogens is 4. The molecular weight excluding hydrogens is 345 g/mol. The molecule has 2 aromatic heterocycles. The van der Waals surface area contributed by atoms with Gasteiger partial charge in [0.05, 0.1) is 11.4 Å². The molecule has 0 saturated carbocycles. The second-order valence-electron chi connectivity index (χ2n) is 6.12. The first-order chi connectivity index (χ1) is 11.6. The maximum absolute atomic E-state index is 14.0. The van der Waals surface area contributed by atoms with Crippen molar-refractivity contribution in [3.63, 3.8) is 0 Å². The van der Waals surface area contributed by atoms with Gasteiger partial charge in [0.15, 0.2) is 0 Å². The Labute approximate surface area is 150 Å². The summed E-state index contributed by atoms with van der Waals surface area (Å²) in [6.45, 7) is 4.98. The van der Waals surface area contributed by atoms with Crippen LogP contribution < -0.4 is 11.0 Å². The molecule has 6 nitrogen and oxygen atoms in total. The third-order valence-electron chi connectivity index (χ3n) is 4.42. The molecule has 0 unspecified atom stereocenters. The van der Waals surface area contributed by atoms with Crippen LogP contribution in [0.1, 0.15) is 22.4 Å². The normalized spacial score (nSPS) is 13.4. The molecule has 2 N–H and O–H groups in total. The molecule has 0 amide bonds. The molecule has 1 aliphatic heterocycles. The quantitative estimate of drug-likeness (QED) is 0.733. The number of fused-ring (bicyclic) bond motifs is 1. The van der Waals surface area contributed by atoms with Crippen LogP contribution in [0.3, 0.4) is 0 Å². The molecule has 0 spiro atoms. The second kappa shape index (κ2) is 6.50. The van der Waals surface area contributed by atoms with Gasteiger partial charge in [0.2, 0.25) is 0 Å². The average Bonchev–Trinajstić information content (AvgIpc) is 3.15. The highest BCUT2D eigenvalue weighted by Crippen LogP contribution is 2.26. The van der Waals surface area contributed by atoms with Gasteiger partial charge >= 0.3 is 5.69 Å². The minimum Gasteiger partial charge on any atom is -0.312 e. The van der Waals surface area contributed by atoms with E-state index in [0.717, 1.165) is 29.9 Å². The van der Waals surface area contributed by atoms with Gasteiger partial charge in [0.25, 0.3) is 0 Å². The average molecular weight is 364 g/mol. The maximum Gasteiger partial charge on any atom is 0.331 e. The molecule has 0 aliphatic carbocycles. The topological polar surface area (TPSA) is 67.6 Å². The number of benzene rings is 1. The van der Waals surface area contributed by atoms with Crippen molar-refractivity contribution in [2.75, 3.05) is 6.54 Å². The summed E-state index contributed by atoms with van der Waals surface area (Å²) in [5, 5.41) is 8.03. The first-order valence-corrected chi connectivity index (χ1v) is 7.91. The van der Waals surface area contributed by atoms with Crippen LogP contribution in [0.4, 0.5) is 4.39 Å². The van der Waals surface area contributed by atoms with E-state index in [1.807, 2.05) is 0 Å². The molecule has 0 bridgehead atoms. The van der Waals surface area contributed by atoms with Crippen LogP contribution in [0, 0.1) is 19.7 Å². The van der Waals surface area contributed by atoms with E-state index >= 15 is 0 Å². The summed E-state index contributed by atoms with van der Waals surface area (Å²) in [5.74, 6) is 0.492. The van der Waals surface area contributed by atoms with Crippen molar-refractivity contribution in [1.82, 2.24) is 24.6 Å². The molecule has 0 fully saturated rings. The number of H-pyrrole nitrogens is 1. The lowest BCUT2D eigenvalue weighted by Crippen LogP contribution is -2.25. The maximum atomic E-state index is 14.0. The largest absolute Gasteiger partial charge is 0.331 e. The lowest BCUT2D eigenvalue weighted by atomic mass is 10.1. The number of halogens is 2. The zero-order valence-corrected chi connectivity index (χ0v) is 14.8. The van der Waals surface area contributed by atoms with E-state index in [0.29, 0.717) is 23.5 Å². The molecule has 0 saturated heterocycles. The van der Waals surface area contributed by atoms with Crippen LogP contribution in [-0.4, -0.2) is 25.9 Å². The number of aromatic amines is 1. The van der Waals surface area contributed by atoms with Gasteiger partial charge in [-0.15, -0.1) is 12.4 Å². The summed E-state index contributed by atoms with van der Waals surface area (Å²) in [5.41, 5.74) is 3.62. The third kappa shape index (κ3) is 2.79. The summed E-state index contributed by atoms with van der Waals surface area (Å²) in [6.07, 6.45) is 4.09. The fourth-order valence-electron chi connectivity index (χ4n) is 3.25. The van der Waals surface area contributed by atoms with E-state index in [4.69, 9.17) is 5.10 Å². The highest BCUT2D eigenvalue weighted by molar-refractivity contribution is 5.85. The van der Waals surface area contributed by atoms with Gasteiger partial charge in [-0.25, -0.2) is 13.9 Å². The number of imidazole rings is 1. The van der Waals surface area contributed by atoms with Crippen molar-refractivity contribution in [3.05, 3.63) is 63.2 Å². The van der Waals surface area contributed by atoms with E-state index < -0.39 is 0 Å². The van der Waals surface area contributed by atoms with Crippen LogP contribution in [0.25, 0.3) is 11.5 Å². The first kappa shape index (κ1) is 17.4. The lowest BCUT2D eigenvalue weighted by Gasteiger charge is -2.14. The van der Waals surface area contributed by atoms with Crippen LogP contribution in [-0.2, 0) is 13.0 Å². The fourth-order valence-corrected chi connectivity index (χ4v) is 3.25. The Bertz CT molecular complexity index is 964. The Morgan fingerprint density at radius 2 is 1.96 bits per heavy atom. The standard InChI is InChI=1S/C17H18FN5O.ClH/c1-10-7-12(8-11(2)15(10)18)23-16(22-6-5-20-17(22)24)13-9-19-4-3-14(13)21-23;/h5-8,19H,3-4,9H2,1-2H3,(H,20,24);1H. The molecular formula is C17H19ClFN5O. The Morgan fingerprint density at radius 3 is 2.60 bits per heavy atom. The number of nitrogens with one attached hydrogen (secondary N) is 2. The second-order valence-corrected chi connectivity index (χ2v) is 6.12. The summed E-state index contributed by atoms with van der Waals surface area (Å²) in [6, 6.07) is 3.52. The van der Waals surface area contributed by atoms with Crippen molar-refractivity contribution in [3.8, 4) is 11.5 Å². The zero-order valence-electron chi connectivity index (χ0n) is 14.0. The Kier molecular flexibility index (Phi) is 4.53. The summed E-state index contributed by atoms with van der Waals surface area (Å²) < 4.78 is 17.3. The minimum absolute atomic E-state index is 0. The van der Waals surface area contributed by atoms with Gasteiger partial charge in [0.1, 0.15) is 11.6 Å². The number of rotatable bonds is 2. The van der Waals surface area contributed by atoms with Crippen molar-refractivity contribution >= 4 is 12.4 Å². The molecule has 1 aliphatic rings. The molecule has 3 aromatic rings. The molecule has 8 heteroatoms. The number of hydrogen-bond acceptors (Lipinski definition) is 3. The first-order valence-electron chi connectivity index (χ1n) is 7.91. The highest BCUT2D eigenvalue weighted by atomic mass is 35.5. The Morgan fingerprint density at radius 1 is 1.24 bits per heavy atom. The smallest absolute Gasteiger partial charge is 0.312 e. The van der Waals surface area contributed by atoms with Crippen LogP contribution in [0.5, 0.6) is 0 Å². The number of hydrogen-bond donors (Lipinski definition) is 2. The van der Waals surface area contributed by atoms with Gasteiger partial charge in [-0.3, -0.25) is 4.57 Å². The van der Waals surface area contributed by atoms with Gasteiger partial charge in [-0.05, 0) is 37.1 Å². The van der Waals surface area contributed by atoms with Crippen molar-refractivity contribution in [2.24, 2.45) is 0 Å². The van der Waals surface area contributed by atoms with Gasteiger partial charge in [-0.1, -0.05) is 0 Å². The summed E-state index contributed by atoms with van der Waals surface area (Å²) >= 11 is 0. The molecule has 0 radical (unpaired) electrons. The van der Waals surface area contributed by atoms with Crippen molar-refractivity contribution in [1.29, 1.82) is 0 Å².